The summed E-state index contributed by atoms with van der Waals surface area (Å²) >= 11 is 0. The lowest BCUT2D eigenvalue weighted by Crippen LogP contribution is -2.30. The Labute approximate surface area is 113 Å². The summed E-state index contributed by atoms with van der Waals surface area (Å²) in [6.45, 7) is 6.99. The van der Waals surface area contributed by atoms with Crippen LogP contribution in [0.15, 0.2) is 18.3 Å². The summed E-state index contributed by atoms with van der Waals surface area (Å²) in [7, 11) is 1.72. The Balaban J connectivity index is 2.69. The molecule has 0 bridgehead atoms. The predicted molar refractivity (Wildman–Crippen MR) is 72.2 cm³/mol. The standard InChI is InChI=1S/C14H20N2O3/c1-14(2,3)7-8-16(4)12(17)11-6-5-10(9-15-11)13(18)19/h5-6,9H,7-8H2,1-4H3,(H,18,19). The molecular formula is C14H20N2O3. The number of nitrogens with zero attached hydrogens (tertiary/aromatic N) is 2. The summed E-state index contributed by atoms with van der Waals surface area (Å²) in [5.41, 5.74) is 0.505. The molecule has 0 saturated heterocycles. The van der Waals surface area contributed by atoms with Gasteiger partial charge >= 0.3 is 5.97 Å². The summed E-state index contributed by atoms with van der Waals surface area (Å²) in [5.74, 6) is -1.24. The molecule has 0 spiro atoms. The summed E-state index contributed by atoms with van der Waals surface area (Å²) in [4.78, 5) is 28.3. The Bertz CT molecular complexity index is 461. The smallest absolute Gasteiger partial charge is 0.337 e. The maximum Gasteiger partial charge on any atom is 0.337 e. The van der Waals surface area contributed by atoms with Gasteiger partial charge in [0.05, 0.1) is 5.56 Å². The number of carbonyl (C=O) groups is 2. The van der Waals surface area contributed by atoms with E-state index in [0.717, 1.165) is 6.42 Å². The summed E-state index contributed by atoms with van der Waals surface area (Å²) in [6, 6.07) is 2.83. The van der Waals surface area contributed by atoms with E-state index in [1.165, 1.54) is 18.3 Å². The maximum absolute atomic E-state index is 12.1. The van der Waals surface area contributed by atoms with E-state index >= 15 is 0 Å². The molecule has 0 fully saturated rings. The van der Waals surface area contributed by atoms with Gasteiger partial charge in [0.15, 0.2) is 0 Å². The van der Waals surface area contributed by atoms with E-state index in [2.05, 4.69) is 25.8 Å². The zero-order valence-corrected chi connectivity index (χ0v) is 11.8. The molecule has 0 aliphatic carbocycles. The van der Waals surface area contributed by atoms with Gasteiger partial charge < -0.3 is 10.0 Å². The lowest BCUT2D eigenvalue weighted by atomic mass is 9.92. The molecule has 0 saturated carbocycles. The predicted octanol–water partition coefficient (Wildman–Crippen LogP) is 2.29. The second kappa shape index (κ2) is 5.82. The molecule has 5 nitrogen and oxygen atoms in total. The van der Waals surface area contributed by atoms with Crippen LogP contribution in [0.5, 0.6) is 0 Å². The van der Waals surface area contributed by atoms with Crippen molar-refractivity contribution in [1.82, 2.24) is 9.88 Å². The highest BCUT2D eigenvalue weighted by Gasteiger charge is 2.17. The highest BCUT2D eigenvalue weighted by Crippen LogP contribution is 2.18. The van der Waals surface area contributed by atoms with Crippen LogP contribution in [0.3, 0.4) is 0 Å². The molecule has 104 valence electrons. The minimum atomic E-state index is -1.05. The Morgan fingerprint density at radius 2 is 1.95 bits per heavy atom. The number of carbonyl (C=O) groups excluding carboxylic acids is 1. The van der Waals surface area contributed by atoms with E-state index in [-0.39, 0.29) is 22.6 Å². The first-order valence-electron chi connectivity index (χ1n) is 6.15. The van der Waals surface area contributed by atoms with Gasteiger partial charge in [-0.3, -0.25) is 9.78 Å². The zero-order chi connectivity index (χ0) is 14.6. The van der Waals surface area contributed by atoms with E-state index in [4.69, 9.17) is 5.11 Å². The highest BCUT2D eigenvalue weighted by molar-refractivity contribution is 5.93. The van der Waals surface area contributed by atoms with Crippen molar-refractivity contribution >= 4 is 11.9 Å². The second-order valence-electron chi connectivity index (χ2n) is 5.77. The number of hydrogen-bond acceptors (Lipinski definition) is 3. The summed E-state index contributed by atoms with van der Waals surface area (Å²) in [5, 5.41) is 8.76. The summed E-state index contributed by atoms with van der Waals surface area (Å²) in [6.07, 6.45) is 2.09. The number of rotatable bonds is 4. The molecule has 1 rings (SSSR count). The van der Waals surface area contributed by atoms with Gasteiger partial charge in [-0.25, -0.2) is 4.79 Å². The molecule has 19 heavy (non-hydrogen) atoms. The number of carboxylic acids is 1. The fourth-order valence-electron chi connectivity index (χ4n) is 1.45. The van der Waals surface area contributed by atoms with Crippen molar-refractivity contribution in [3.05, 3.63) is 29.6 Å². The number of amides is 1. The van der Waals surface area contributed by atoms with Crippen molar-refractivity contribution in [3.63, 3.8) is 0 Å². The lowest BCUT2D eigenvalue weighted by Gasteiger charge is -2.23. The Hall–Kier alpha value is -1.91. The zero-order valence-electron chi connectivity index (χ0n) is 11.8. The van der Waals surface area contributed by atoms with Gasteiger partial charge in [-0.2, -0.15) is 0 Å². The van der Waals surface area contributed by atoms with E-state index in [1.54, 1.807) is 11.9 Å². The normalized spacial score (nSPS) is 11.2. The third-order valence-electron chi connectivity index (χ3n) is 2.77. The molecule has 1 aromatic rings. The van der Waals surface area contributed by atoms with Crippen LogP contribution >= 0.6 is 0 Å². The van der Waals surface area contributed by atoms with Gasteiger partial charge in [0.1, 0.15) is 5.69 Å². The molecule has 0 unspecified atom stereocenters. The van der Waals surface area contributed by atoms with Crippen molar-refractivity contribution in [2.45, 2.75) is 27.2 Å². The molecule has 0 aromatic carbocycles. The first kappa shape index (κ1) is 15.1. The van der Waals surface area contributed by atoms with Crippen molar-refractivity contribution in [2.75, 3.05) is 13.6 Å². The van der Waals surface area contributed by atoms with E-state index < -0.39 is 5.97 Å². The van der Waals surface area contributed by atoms with Gasteiger partial charge in [0, 0.05) is 19.8 Å². The minimum absolute atomic E-state index is 0.0777. The third kappa shape index (κ3) is 4.69. The van der Waals surface area contributed by atoms with Crippen LogP contribution < -0.4 is 0 Å². The number of aromatic nitrogens is 1. The molecule has 1 N–H and O–H groups in total. The number of pyridine rings is 1. The quantitative estimate of drug-likeness (QED) is 0.905. The van der Waals surface area contributed by atoms with Crippen molar-refractivity contribution in [2.24, 2.45) is 5.41 Å². The van der Waals surface area contributed by atoms with E-state index in [9.17, 15) is 9.59 Å². The molecule has 1 aromatic heterocycles. The van der Waals surface area contributed by atoms with Gasteiger partial charge in [-0.05, 0) is 24.0 Å². The van der Waals surface area contributed by atoms with Crippen LogP contribution in [0, 0.1) is 5.41 Å². The van der Waals surface area contributed by atoms with Gasteiger partial charge in [-0.15, -0.1) is 0 Å². The average molecular weight is 264 g/mol. The van der Waals surface area contributed by atoms with E-state index in [1.807, 2.05) is 0 Å². The molecule has 0 aliphatic rings. The number of hydrogen-bond donors (Lipinski definition) is 1. The van der Waals surface area contributed by atoms with Crippen LogP contribution in [0.25, 0.3) is 0 Å². The third-order valence-corrected chi connectivity index (χ3v) is 2.77. The molecule has 0 aliphatic heterocycles. The molecule has 1 amide bonds. The SMILES string of the molecule is CN(CCC(C)(C)C)C(=O)c1ccc(C(=O)O)cn1. The number of aromatic carboxylic acids is 1. The molecule has 0 atom stereocenters. The Morgan fingerprint density at radius 1 is 1.32 bits per heavy atom. The Morgan fingerprint density at radius 3 is 2.37 bits per heavy atom. The van der Waals surface area contributed by atoms with Crippen molar-refractivity contribution in [1.29, 1.82) is 0 Å². The fraction of sp³-hybridized carbons (Fsp3) is 0.500. The van der Waals surface area contributed by atoms with Gasteiger partial charge in [0.2, 0.25) is 0 Å². The van der Waals surface area contributed by atoms with Crippen molar-refractivity contribution < 1.29 is 14.7 Å². The molecule has 5 heteroatoms. The first-order chi connectivity index (χ1) is 8.70. The highest BCUT2D eigenvalue weighted by atomic mass is 16.4. The molecule has 1 heterocycles. The topological polar surface area (TPSA) is 70.5 Å². The van der Waals surface area contributed by atoms with Gasteiger partial charge in [0.25, 0.3) is 5.91 Å². The van der Waals surface area contributed by atoms with Crippen LogP contribution in [0.1, 0.15) is 48.0 Å². The average Bonchev–Trinajstić information content (AvgIpc) is 2.34. The fourth-order valence-corrected chi connectivity index (χ4v) is 1.45. The van der Waals surface area contributed by atoms with E-state index in [0.29, 0.717) is 6.54 Å². The minimum Gasteiger partial charge on any atom is -0.478 e. The largest absolute Gasteiger partial charge is 0.478 e. The first-order valence-corrected chi connectivity index (χ1v) is 6.15. The molecule has 0 radical (unpaired) electrons. The van der Waals surface area contributed by atoms with Crippen LogP contribution in [-0.2, 0) is 0 Å². The lowest BCUT2D eigenvalue weighted by molar-refractivity contribution is 0.0693. The maximum atomic E-state index is 12.1. The van der Waals surface area contributed by atoms with Gasteiger partial charge in [-0.1, -0.05) is 20.8 Å². The monoisotopic (exact) mass is 264 g/mol. The number of carboxylic acid groups (broad SMARTS) is 1. The Kier molecular flexibility index (Phi) is 4.64. The van der Waals surface area contributed by atoms with Crippen molar-refractivity contribution in [3.8, 4) is 0 Å². The van der Waals surface area contributed by atoms with Crippen LogP contribution in [0.4, 0.5) is 0 Å². The molecular weight excluding hydrogens is 244 g/mol. The second-order valence-corrected chi connectivity index (χ2v) is 5.77. The summed E-state index contributed by atoms with van der Waals surface area (Å²) < 4.78 is 0. The van der Waals surface area contributed by atoms with Crippen LogP contribution in [-0.4, -0.2) is 40.5 Å². The van der Waals surface area contributed by atoms with Crippen LogP contribution in [0.2, 0.25) is 0 Å².